The van der Waals surface area contributed by atoms with Crippen molar-refractivity contribution < 1.29 is 0 Å². The highest BCUT2D eigenvalue weighted by Gasteiger charge is 2.03. The van der Waals surface area contributed by atoms with Gasteiger partial charge in [-0.05, 0) is 42.5 Å². The summed E-state index contributed by atoms with van der Waals surface area (Å²) >= 11 is 0. The van der Waals surface area contributed by atoms with Gasteiger partial charge in [0.25, 0.3) is 0 Å². The van der Waals surface area contributed by atoms with Crippen molar-refractivity contribution in [2.75, 3.05) is 0 Å². The summed E-state index contributed by atoms with van der Waals surface area (Å²) in [6.45, 7) is 0. The highest BCUT2D eigenvalue weighted by atomic mass is 33.5. The van der Waals surface area contributed by atoms with Crippen molar-refractivity contribution in [2.45, 2.75) is 11.5 Å². The van der Waals surface area contributed by atoms with Crippen molar-refractivity contribution in [1.82, 2.24) is 0 Å². The Hall–Kier alpha value is -1.55. The van der Waals surface area contributed by atoms with Gasteiger partial charge < -0.3 is 0 Å². The van der Waals surface area contributed by atoms with E-state index < -0.39 is 0 Å². The monoisotopic (exact) mass is 378 g/mol. The molecule has 0 aromatic heterocycles. The highest BCUT2D eigenvalue weighted by Crippen LogP contribution is 2.40. The van der Waals surface area contributed by atoms with E-state index >= 15 is 0 Å². The van der Waals surface area contributed by atoms with Crippen molar-refractivity contribution in [3.05, 3.63) is 96.1 Å². The first kappa shape index (κ1) is 16.9. The van der Waals surface area contributed by atoms with Crippen LogP contribution in [-0.2, 0) is 11.5 Å². The van der Waals surface area contributed by atoms with Gasteiger partial charge in [-0.15, -0.1) is 0 Å². The molecule has 0 saturated carbocycles. The maximum Gasteiger partial charge on any atom is 0.0303 e. The van der Waals surface area contributed by atoms with Crippen LogP contribution in [0.1, 0.15) is 11.1 Å². The lowest BCUT2D eigenvalue weighted by molar-refractivity contribution is 1.48. The predicted molar refractivity (Wildman–Crippen MR) is 118 cm³/mol. The molecule has 0 amide bonds. The Labute approximate surface area is 160 Å². The van der Waals surface area contributed by atoms with Crippen LogP contribution in [0.5, 0.6) is 0 Å². The van der Waals surface area contributed by atoms with Crippen molar-refractivity contribution in [3.63, 3.8) is 0 Å². The van der Waals surface area contributed by atoms with Gasteiger partial charge >= 0.3 is 0 Å². The number of benzene rings is 4. The SMILES string of the molecule is c1ccc2c(CSSSCc3cccc4ccccc34)cccc2c1. The van der Waals surface area contributed by atoms with Crippen molar-refractivity contribution >= 4 is 53.0 Å². The predicted octanol–water partition coefficient (Wildman–Crippen LogP) is 7.72. The summed E-state index contributed by atoms with van der Waals surface area (Å²) in [5.74, 6) is 2.07. The zero-order valence-corrected chi connectivity index (χ0v) is 16.2. The smallest absolute Gasteiger partial charge is 0.0303 e. The van der Waals surface area contributed by atoms with Crippen LogP contribution in [0.3, 0.4) is 0 Å². The van der Waals surface area contributed by atoms with Crippen molar-refractivity contribution in [3.8, 4) is 0 Å². The Balaban J connectivity index is 1.35. The van der Waals surface area contributed by atoms with Crippen molar-refractivity contribution in [1.29, 1.82) is 0 Å². The lowest BCUT2D eigenvalue weighted by Crippen LogP contribution is -1.83. The van der Waals surface area contributed by atoms with Gasteiger partial charge in [-0.3, -0.25) is 0 Å². The van der Waals surface area contributed by atoms with Crippen molar-refractivity contribution in [2.24, 2.45) is 0 Å². The van der Waals surface area contributed by atoms with Crippen LogP contribution in [0.4, 0.5) is 0 Å². The molecule has 4 aromatic carbocycles. The van der Waals surface area contributed by atoms with Crippen LogP contribution in [0.2, 0.25) is 0 Å². The molecule has 0 spiro atoms. The Morgan fingerprint density at radius 3 is 1.44 bits per heavy atom. The zero-order valence-electron chi connectivity index (χ0n) is 13.7. The fourth-order valence-corrected chi connectivity index (χ4v) is 6.70. The largest absolute Gasteiger partial charge is 0.0777 e. The molecule has 0 fully saturated rings. The molecule has 124 valence electrons. The first-order valence-electron chi connectivity index (χ1n) is 8.26. The molecule has 0 bridgehead atoms. The second-order valence-corrected chi connectivity index (χ2v) is 10.1. The van der Waals surface area contributed by atoms with Gasteiger partial charge in [0, 0.05) is 11.5 Å². The second-order valence-electron chi connectivity index (χ2n) is 5.87. The molecule has 4 rings (SSSR count). The molecule has 0 saturated heterocycles. The third-order valence-corrected chi connectivity index (χ3v) is 8.35. The molecule has 0 atom stereocenters. The summed E-state index contributed by atoms with van der Waals surface area (Å²) in [6.07, 6.45) is 0. The van der Waals surface area contributed by atoms with Gasteiger partial charge in [-0.2, -0.15) is 0 Å². The maximum atomic E-state index is 2.24. The molecule has 0 aliphatic rings. The number of hydrogen-bond acceptors (Lipinski definition) is 3. The zero-order chi connectivity index (χ0) is 16.9. The number of rotatable bonds is 6. The van der Waals surface area contributed by atoms with Gasteiger partial charge in [-0.1, -0.05) is 107 Å². The number of fused-ring (bicyclic) bond motifs is 2. The topological polar surface area (TPSA) is 0 Å². The van der Waals surface area contributed by atoms with E-state index in [2.05, 4.69) is 84.9 Å². The average molecular weight is 379 g/mol. The molecule has 0 radical (unpaired) electrons. The Morgan fingerprint density at radius 1 is 0.480 bits per heavy atom. The number of hydrogen-bond donors (Lipinski definition) is 0. The van der Waals surface area contributed by atoms with Crippen LogP contribution in [0.25, 0.3) is 21.5 Å². The quantitative estimate of drug-likeness (QED) is 0.249. The van der Waals surface area contributed by atoms with E-state index in [1.165, 1.54) is 32.7 Å². The molecular formula is C22H18S3. The van der Waals surface area contributed by atoms with E-state index in [1.807, 2.05) is 31.4 Å². The fourth-order valence-electron chi connectivity index (χ4n) is 3.05. The van der Waals surface area contributed by atoms with Crippen LogP contribution in [0.15, 0.2) is 84.9 Å². The molecule has 0 aliphatic carbocycles. The molecular weight excluding hydrogens is 360 g/mol. The van der Waals surface area contributed by atoms with Crippen LogP contribution in [-0.4, -0.2) is 0 Å². The summed E-state index contributed by atoms with van der Waals surface area (Å²) in [4.78, 5) is 0. The van der Waals surface area contributed by atoms with Gasteiger partial charge in [-0.25, -0.2) is 0 Å². The first-order valence-corrected chi connectivity index (χ1v) is 12.1. The first-order chi connectivity index (χ1) is 12.4. The van der Waals surface area contributed by atoms with E-state index in [0.29, 0.717) is 0 Å². The van der Waals surface area contributed by atoms with Gasteiger partial charge in [0.1, 0.15) is 0 Å². The fraction of sp³-hybridized carbons (Fsp3) is 0.0909. The maximum absolute atomic E-state index is 2.24. The Bertz CT molecular complexity index is 902. The molecule has 3 heteroatoms. The summed E-state index contributed by atoms with van der Waals surface area (Å²) in [5.41, 5.74) is 2.84. The van der Waals surface area contributed by atoms with E-state index in [1.54, 1.807) is 0 Å². The van der Waals surface area contributed by atoms with E-state index in [-0.39, 0.29) is 0 Å². The summed E-state index contributed by atoms with van der Waals surface area (Å²) in [5, 5.41) is 5.40. The summed E-state index contributed by atoms with van der Waals surface area (Å²) in [7, 11) is 5.74. The third kappa shape index (κ3) is 4.00. The Morgan fingerprint density at radius 2 is 0.920 bits per heavy atom. The van der Waals surface area contributed by atoms with Gasteiger partial charge in [0.2, 0.25) is 0 Å². The molecule has 0 aliphatic heterocycles. The van der Waals surface area contributed by atoms with Gasteiger partial charge in [0.05, 0.1) is 0 Å². The minimum atomic E-state index is 1.04. The minimum absolute atomic E-state index is 1.04. The molecule has 0 N–H and O–H groups in total. The molecule has 4 aromatic rings. The van der Waals surface area contributed by atoms with Crippen LogP contribution < -0.4 is 0 Å². The third-order valence-electron chi connectivity index (χ3n) is 4.28. The molecule has 0 heterocycles. The van der Waals surface area contributed by atoms with E-state index in [9.17, 15) is 0 Å². The lowest BCUT2D eigenvalue weighted by atomic mass is 10.1. The average Bonchev–Trinajstić information content (AvgIpc) is 2.68. The summed E-state index contributed by atoms with van der Waals surface area (Å²) < 4.78 is 0. The lowest BCUT2D eigenvalue weighted by Gasteiger charge is -2.07. The van der Waals surface area contributed by atoms with Crippen LogP contribution >= 0.6 is 31.4 Å². The van der Waals surface area contributed by atoms with E-state index in [4.69, 9.17) is 0 Å². The molecule has 0 nitrogen and oxygen atoms in total. The minimum Gasteiger partial charge on any atom is -0.0777 e. The Kier molecular flexibility index (Phi) is 5.55. The molecule has 25 heavy (non-hydrogen) atoms. The van der Waals surface area contributed by atoms with Crippen LogP contribution in [0, 0.1) is 0 Å². The van der Waals surface area contributed by atoms with Gasteiger partial charge in [0.15, 0.2) is 0 Å². The highest BCUT2D eigenvalue weighted by molar-refractivity contribution is 9.09. The standard InChI is InChI=1S/C22H18S3/c1-3-13-21-17(7-1)9-5-11-19(21)15-23-25-24-16-20-12-6-10-18-8-2-4-14-22(18)20/h1-14H,15-16H2. The normalized spacial score (nSPS) is 11.2. The molecule has 0 unspecified atom stereocenters. The summed E-state index contributed by atoms with van der Waals surface area (Å²) in [6, 6.07) is 30.4. The second kappa shape index (κ2) is 8.22. The van der Waals surface area contributed by atoms with E-state index in [0.717, 1.165) is 11.5 Å².